The van der Waals surface area contributed by atoms with E-state index in [0.717, 1.165) is 6.04 Å². The third-order valence-electron chi connectivity index (χ3n) is 2.01. The normalized spacial score (nSPS) is 24.0. The lowest BCUT2D eigenvalue weighted by molar-refractivity contribution is 0.420. The van der Waals surface area contributed by atoms with E-state index >= 15 is 0 Å². The van der Waals surface area contributed by atoms with Crippen LogP contribution >= 0.6 is 0 Å². The molecule has 2 heteroatoms. The number of hydrogen-bond acceptors (Lipinski definition) is 1. The summed E-state index contributed by atoms with van der Waals surface area (Å²) in [5.74, 6) is 0. The molecule has 0 heterocycles. The summed E-state index contributed by atoms with van der Waals surface area (Å²) in [6.45, 7) is 0. The van der Waals surface area contributed by atoms with Crippen molar-refractivity contribution in [3.63, 3.8) is 0 Å². The summed E-state index contributed by atoms with van der Waals surface area (Å²) in [4.78, 5) is 3.44. The maximum atomic E-state index is 3.44. The van der Waals surface area contributed by atoms with Crippen molar-refractivity contribution in [2.75, 3.05) is 0 Å². The molecule has 0 unspecified atom stereocenters. The Labute approximate surface area is 54.4 Å². The number of hydrogen-bond donors (Lipinski definition) is 1. The lowest BCUT2D eigenvalue weighted by Crippen LogP contribution is -2.28. The van der Waals surface area contributed by atoms with Crippen LogP contribution < -0.4 is 4.98 Å². The summed E-state index contributed by atoms with van der Waals surface area (Å²) in [5.41, 5.74) is 0. The van der Waals surface area contributed by atoms with Crippen LogP contribution in [-0.4, -0.2) is 16.4 Å². The molecule has 0 saturated heterocycles. The van der Waals surface area contributed by atoms with E-state index in [-0.39, 0.29) is 0 Å². The topological polar surface area (TPSA) is 12.0 Å². The highest BCUT2D eigenvalue weighted by molar-refractivity contribution is 6.04. The first-order valence-electron chi connectivity index (χ1n) is 3.61. The van der Waals surface area contributed by atoms with Gasteiger partial charge in [-0.05, 0) is 18.9 Å². The SMILES string of the molecule is [SiH3]NC1CCCCC1. The van der Waals surface area contributed by atoms with Gasteiger partial charge in [-0.3, -0.25) is 0 Å². The molecule has 0 amide bonds. The zero-order valence-corrected chi connectivity index (χ0v) is 7.61. The van der Waals surface area contributed by atoms with E-state index in [1.54, 1.807) is 0 Å². The highest BCUT2D eigenvalue weighted by Gasteiger charge is 2.08. The second kappa shape index (κ2) is 3.25. The van der Waals surface area contributed by atoms with Crippen LogP contribution in [0.1, 0.15) is 32.1 Å². The number of rotatable bonds is 1. The standard InChI is InChI=1S/C6H15NSi/c8-7-6-4-2-1-3-5-6/h6-7H,1-5H2,8H3. The molecule has 1 aliphatic rings. The maximum absolute atomic E-state index is 3.44. The van der Waals surface area contributed by atoms with Crippen LogP contribution in [0.15, 0.2) is 0 Å². The van der Waals surface area contributed by atoms with Crippen molar-refractivity contribution < 1.29 is 0 Å². The molecule has 1 saturated carbocycles. The fourth-order valence-electron chi connectivity index (χ4n) is 1.39. The molecule has 0 radical (unpaired) electrons. The van der Waals surface area contributed by atoms with Crippen molar-refractivity contribution in [2.24, 2.45) is 0 Å². The lowest BCUT2D eigenvalue weighted by atomic mass is 9.96. The zero-order valence-electron chi connectivity index (χ0n) is 5.61. The Morgan fingerprint density at radius 3 is 2.12 bits per heavy atom. The maximum Gasteiger partial charge on any atom is 0.0752 e. The van der Waals surface area contributed by atoms with Gasteiger partial charge < -0.3 is 4.98 Å². The molecule has 0 atom stereocenters. The molecule has 8 heavy (non-hydrogen) atoms. The fraction of sp³-hybridized carbons (Fsp3) is 1.00. The summed E-state index contributed by atoms with van der Waals surface area (Å²) >= 11 is 0. The van der Waals surface area contributed by atoms with Gasteiger partial charge in [-0.15, -0.1) is 0 Å². The van der Waals surface area contributed by atoms with Crippen molar-refractivity contribution in [1.29, 1.82) is 0 Å². The van der Waals surface area contributed by atoms with E-state index in [9.17, 15) is 0 Å². The second-order valence-corrected chi connectivity index (χ2v) is 3.20. The Bertz CT molecular complexity index is 59.5. The largest absolute Gasteiger partial charge is 0.343 e. The Kier molecular flexibility index (Phi) is 2.56. The molecule has 1 nitrogen and oxygen atoms in total. The van der Waals surface area contributed by atoms with Gasteiger partial charge in [0.25, 0.3) is 0 Å². The average molecular weight is 129 g/mol. The van der Waals surface area contributed by atoms with E-state index in [1.165, 1.54) is 42.5 Å². The summed E-state index contributed by atoms with van der Waals surface area (Å²) in [6.07, 6.45) is 7.26. The average Bonchev–Trinajstić information content (AvgIpc) is 1.90. The van der Waals surface area contributed by atoms with Gasteiger partial charge in [-0.2, -0.15) is 0 Å². The molecule has 1 rings (SSSR count). The van der Waals surface area contributed by atoms with Gasteiger partial charge in [-0.25, -0.2) is 0 Å². The van der Waals surface area contributed by atoms with Crippen LogP contribution in [0, 0.1) is 0 Å². The molecular formula is C6H15NSi. The van der Waals surface area contributed by atoms with E-state index in [4.69, 9.17) is 0 Å². The molecule has 48 valence electrons. The highest BCUT2D eigenvalue weighted by Crippen LogP contribution is 2.16. The molecule has 0 aromatic carbocycles. The Balaban J connectivity index is 2.13. The van der Waals surface area contributed by atoms with Crippen LogP contribution in [0.4, 0.5) is 0 Å². The van der Waals surface area contributed by atoms with E-state index in [0.29, 0.717) is 0 Å². The first-order valence-corrected chi connectivity index (χ1v) is 4.61. The fourth-order valence-corrected chi connectivity index (χ4v) is 1.97. The van der Waals surface area contributed by atoms with E-state index in [2.05, 4.69) is 4.98 Å². The van der Waals surface area contributed by atoms with Gasteiger partial charge in [0.2, 0.25) is 0 Å². The number of nitrogens with one attached hydrogen (secondary N) is 1. The van der Waals surface area contributed by atoms with Crippen molar-refractivity contribution in [1.82, 2.24) is 4.98 Å². The summed E-state index contributed by atoms with van der Waals surface area (Å²) < 4.78 is 0. The first kappa shape index (κ1) is 6.30. The van der Waals surface area contributed by atoms with Gasteiger partial charge in [-0.1, -0.05) is 19.3 Å². The summed E-state index contributed by atoms with van der Waals surface area (Å²) in [7, 11) is 1.18. The zero-order chi connectivity index (χ0) is 5.82. The molecule has 0 bridgehead atoms. The second-order valence-electron chi connectivity index (χ2n) is 2.62. The van der Waals surface area contributed by atoms with Crippen molar-refractivity contribution in [3.8, 4) is 0 Å². The van der Waals surface area contributed by atoms with Crippen LogP contribution in [0.3, 0.4) is 0 Å². The molecule has 1 N–H and O–H groups in total. The van der Waals surface area contributed by atoms with E-state index < -0.39 is 0 Å². The van der Waals surface area contributed by atoms with Gasteiger partial charge in [0.1, 0.15) is 0 Å². The highest BCUT2D eigenvalue weighted by atomic mass is 28.2. The van der Waals surface area contributed by atoms with Crippen LogP contribution in [0.25, 0.3) is 0 Å². The van der Waals surface area contributed by atoms with Crippen molar-refractivity contribution >= 4 is 10.4 Å². The third-order valence-corrected chi connectivity index (χ3v) is 2.83. The first-order chi connectivity index (χ1) is 3.93. The Morgan fingerprint density at radius 1 is 1.12 bits per heavy atom. The quantitative estimate of drug-likeness (QED) is 0.498. The molecule has 1 fully saturated rings. The molecule has 0 aliphatic heterocycles. The molecule has 1 aliphatic carbocycles. The van der Waals surface area contributed by atoms with Crippen LogP contribution in [0.5, 0.6) is 0 Å². The molecule has 0 spiro atoms. The van der Waals surface area contributed by atoms with Gasteiger partial charge in [0.05, 0.1) is 10.4 Å². The minimum Gasteiger partial charge on any atom is -0.343 e. The van der Waals surface area contributed by atoms with Gasteiger partial charge in [0.15, 0.2) is 0 Å². The van der Waals surface area contributed by atoms with Crippen molar-refractivity contribution in [3.05, 3.63) is 0 Å². The monoisotopic (exact) mass is 129 g/mol. The summed E-state index contributed by atoms with van der Waals surface area (Å²) in [6, 6.07) is 0.899. The molecular weight excluding hydrogens is 114 g/mol. The summed E-state index contributed by atoms with van der Waals surface area (Å²) in [5, 5.41) is 0. The predicted octanol–water partition coefficient (Wildman–Crippen LogP) is 0.189. The smallest absolute Gasteiger partial charge is 0.0752 e. The lowest BCUT2D eigenvalue weighted by Gasteiger charge is -2.20. The minimum atomic E-state index is 0.899. The van der Waals surface area contributed by atoms with Crippen molar-refractivity contribution in [2.45, 2.75) is 38.1 Å². The van der Waals surface area contributed by atoms with Crippen LogP contribution in [0.2, 0.25) is 0 Å². The van der Waals surface area contributed by atoms with Gasteiger partial charge in [0, 0.05) is 0 Å². The van der Waals surface area contributed by atoms with Gasteiger partial charge >= 0.3 is 0 Å². The molecule has 0 aromatic rings. The molecule has 0 aromatic heterocycles. The minimum absolute atomic E-state index is 0.899. The van der Waals surface area contributed by atoms with E-state index in [1.807, 2.05) is 0 Å². The van der Waals surface area contributed by atoms with Crippen LogP contribution in [-0.2, 0) is 0 Å². The Morgan fingerprint density at radius 2 is 1.75 bits per heavy atom. The predicted molar refractivity (Wildman–Crippen MR) is 39.9 cm³/mol. The third kappa shape index (κ3) is 1.60. The Hall–Kier alpha value is 0.177.